The zero-order valence-electron chi connectivity index (χ0n) is 20.4. The Morgan fingerprint density at radius 2 is 1.92 bits per heavy atom. The summed E-state index contributed by atoms with van der Waals surface area (Å²) < 4.78 is 19.5. The number of aromatic nitrogens is 6. The molecule has 1 aliphatic rings. The molecule has 0 aliphatic carbocycles. The number of pyridine rings is 1. The van der Waals surface area contributed by atoms with Gasteiger partial charge in [-0.15, -0.1) is 0 Å². The third-order valence-corrected chi connectivity index (χ3v) is 6.92. The maximum absolute atomic E-state index is 14.3. The Hall–Kier alpha value is -4.83. The van der Waals surface area contributed by atoms with Crippen LogP contribution in [0.5, 0.6) is 5.75 Å². The third-order valence-electron chi connectivity index (χ3n) is 6.92. The second kappa shape index (κ2) is 8.63. The molecule has 6 aromatic rings. The fourth-order valence-corrected chi connectivity index (χ4v) is 4.97. The van der Waals surface area contributed by atoms with Crippen molar-refractivity contribution in [2.24, 2.45) is 5.73 Å². The molecule has 0 saturated carbocycles. The molecule has 188 valence electrons. The minimum absolute atomic E-state index is 0.180. The number of rotatable bonds is 5. The van der Waals surface area contributed by atoms with Crippen molar-refractivity contribution in [3.63, 3.8) is 0 Å². The van der Waals surface area contributed by atoms with Gasteiger partial charge >= 0.3 is 0 Å². The number of H-pyrrole nitrogens is 2. The van der Waals surface area contributed by atoms with Crippen LogP contribution in [0.25, 0.3) is 55.7 Å². The van der Waals surface area contributed by atoms with Crippen LogP contribution in [0.4, 0.5) is 10.2 Å². The molecule has 1 fully saturated rings. The van der Waals surface area contributed by atoms with Gasteiger partial charge in [0.15, 0.2) is 0 Å². The summed E-state index contributed by atoms with van der Waals surface area (Å²) >= 11 is 0. The third kappa shape index (κ3) is 3.73. The van der Waals surface area contributed by atoms with Crippen molar-refractivity contribution >= 4 is 27.8 Å². The number of halogens is 1. The van der Waals surface area contributed by atoms with Crippen molar-refractivity contribution in [2.75, 3.05) is 25.1 Å². The van der Waals surface area contributed by atoms with Gasteiger partial charge in [0, 0.05) is 47.7 Å². The van der Waals surface area contributed by atoms with Gasteiger partial charge < -0.3 is 20.4 Å². The maximum Gasteiger partial charge on any atom is 0.147 e. The highest BCUT2D eigenvalue weighted by atomic mass is 19.1. The van der Waals surface area contributed by atoms with Gasteiger partial charge in [-0.2, -0.15) is 5.10 Å². The van der Waals surface area contributed by atoms with Crippen LogP contribution >= 0.6 is 0 Å². The topological polar surface area (TPSA) is 122 Å². The molecule has 0 radical (unpaired) electrons. The average molecular weight is 507 g/mol. The number of hydrogen-bond donors (Lipinski definition) is 3. The predicted molar refractivity (Wildman–Crippen MR) is 144 cm³/mol. The molecule has 4 aromatic heterocycles. The fraction of sp³-hybridized carbons (Fsp3) is 0.143. The van der Waals surface area contributed by atoms with E-state index < -0.39 is 0 Å². The summed E-state index contributed by atoms with van der Waals surface area (Å²) in [5.74, 6) is 0.908. The summed E-state index contributed by atoms with van der Waals surface area (Å²) in [4.78, 5) is 19.2. The van der Waals surface area contributed by atoms with Gasteiger partial charge in [-0.25, -0.2) is 14.4 Å². The maximum atomic E-state index is 14.3. The van der Waals surface area contributed by atoms with E-state index in [1.807, 2.05) is 30.3 Å². The molecule has 7 rings (SSSR count). The van der Waals surface area contributed by atoms with Crippen molar-refractivity contribution in [3.05, 3.63) is 72.9 Å². The summed E-state index contributed by atoms with van der Waals surface area (Å²) in [6.07, 6.45) is 5.23. The molecule has 4 N–H and O–H groups in total. The molecule has 1 aliphatic heterocycles. The first kappa shape index (κ1) is 22.4. The molecule has 10 heteroatoms. The average Bonchev–Trinajstić information content (AvgIpc) is 3.54. The molecule has 0 unspecified atom stereocenters. The number of hydrogen-bond acceptors (Lipinski definition) is 7. The van der Waals surface area contributed by atoms with E-state index in [9.17, 15) is 4.39 Å². The highest BCUT2D eigenvalue weighted by Crippen LogP contribution is 2.35. The lowest BCUT2D eigenvalue weighted by atomic mass is 10.0. The monoisotopic (exact) mass is 506 g/mol. The number of ether oxygens (including phenoxy) is 1. The van der Waals surface area contributed by atoms with Crippen LogP contribution in [0.3, 0.4) is 0 Å². The smallest absolute Gasteiger partial charge is 0.147 e. The van der Waals surface area contributed by atoms with Crippen LogP contribution in [0.1, 0.15) is 0 Å². The van der Waals surface area contributed by atoms with Crippen molar-refractivity contribution in [1.82, 2.24) is 30.1 Å². The van der Waals surface area contributed by atoms with Crippen LogP contribution in [-0.2, 0) is 0 Å². The van der Waals surface area contributed by atoms with Gasteiger partial charge in [0.25, 0.3) is 0 Å². The number of nitrogens with one attached hydrogen (secondary N) is 2. The standard InChI is InChI=1S/C28H23FN8O/c1-38-19-7-16(6-17(29)9-19)20-4-5-32-28-21(20)10-24(34-28)27-22-8-15(2-3-23(22)35-36-27)25-11-31-12-26(33-25)37-13-18(30)14-37/h2-12,18H,13-14,30H2,1H3,(H,32,34)(H,35,36). The Morgan fingerprint density at radius 1 is 1.03 bits per heavy atom. The second-order valence-corrected chi connectivity index (χ2v) is 9.44. The van der Waals surface area contributed by atoms with Crippen molar-refractivity contribution in [3.8, 4) is 39.5 Å². The first-order chi connectivity index (χ1) is 18.6. The number of aromatic amines is 2. The predicted octanol–water partition coefficient (Wildman–Crippen LogP) is 4.53. The zero-order chi connectivity index (χ0) is 25.8. The molecule has 9 nitrogen and oxygen atoms in total. The molecule has 2 aromatic carbocycles. The summed E-state index contributed by atoms with van der Waals surface area (Å²) in [5.41, 5.74) is 12.3. The van der Waals surface area contributed by atoms with Crippen molar-refractivity contribution in [1.29, 1.82) is 0 Å². The lowest BCUT2D eigenvalue weighted by Gasteiger charge is -2.37. The van der Waals surface area contributed by atoms with Gasteiger partial charge in [-0.1, -0.05) is 6.07 Å². The molecule has 0 amide bonds. The molecular weight excluding hydrogens is 483 g/mol. The fourth-order valence-electron chi connectivity index (χ4n) is 4.97. The van der Waals surface area contributed by atoms with Crippen molar-refractivity contribution < 1.29 is 9.13 Å². The molecule has 0 bridgehead atoms. The highest BCUT2D eigenvalue weighted by Gasteiger charge is 2.24. The van der Waals surface area contributed by atoms with Crippen LogP contribution in [-0.4, -0.2) is 56.4 Å². The SMILES string of the molecule is COc1cc(F)cc(-c2ccnc3[nH]c(-c4n[nH]c5ccc(-c6cncc(N7CC(N)C7)n6)cc45)cc23)c1. The van der Waals surface area contributed by atoms with E-state index in [0.717, 1.165) is 63.4 Å². The van der Waals surface area contributed by atoms with Gasteiger partial charge in [0.05, 0.1) is 36.4 Å². The summed E-state index contributed by atoms with van der Waals surface area (Å²) in [7, 11) is 1.52. The number of benzene rings is 2. The summed E-state index contributed by atoms with van der Waals surface area (Å²) in [6.45, 7) is 1.56. The van der Waals surface area contributed by atoms with Crippen LogP contribution in [0, 0.1) is 5.82 Å². The molecule has 0 atom stereocenters. The Labute approximate surface area is 216 Å². The molecule has 5 heterocycles. The van der Waals surface area contributed by atoms with Crippen molar-refractivity contribution in [2.45, 2.75) is 6.04 Å². The number of nitrogens with zero attached hydrogens (tertiary/aromatic N) is 5. The van der Waals surface area contributed by atoms with E-state index in [-0.39, 0.29) is 11.9 Å². The number of fused-ring (bicyclic) bond motifs is 2. The number of anilines is 1. The minimum atomic E-state index is -0.366. The van der Waals surface area contributed by atoms with Gasteiger partial charge in [-0.3, -0.25) is 10.1 Å². The van der Waals surface area contributed by atoms with Gasteiger partial charge in [0.1, 0.15) is 28.7 Å². The summed E-state index contributed by atoms with van der Waals surface area (Å²) in [5, 5.41) is 9.50. The van der Waals surface area contributed by atoms with Crippen LogP contribution in [0.2, 0.25) is 0 Å². The molecule has 1 saturated heterocycles. The normalized spacial score (nSPS) is 13.8. The van der Waals surface area contributed by atoms with Crippen LogP contribution in [0.15, 0.2) is 67.1 Å². The Bertz CT molecular complexity index is 1820. The second-order valence-electron chi connectivity index (χ2n) is 9.44. The Morgan fingerprint density at radius 3 is 2.76 bits per heavy atom. The zero-order valence-corrected chi connectivity index (χ0v) is 20.4. The van der Waals surface area contributed by atoms with E-state index in [0.29, 0.717) is 17.0 Å². The van der Waals surface area contributed by atoms with Gasteiger partial charge in [0.2, 0.25) is 0 Å². The van der Waals surface area contributed by atoms with E-state index in [2.05, 4.69) is 36.1 Å². The van der Waals surface area contributed by atoms with E-state index >= 15 is 0 Å². The highest BCUT2D eigenvalue weighted by molar-refractivity contribution is 6.00. The molecule has 38 heavy (non-hydrogen) atoms. The molecule has 0 spiro atoms. The lowest BCUT2D eigenvalue weighted by Crippen LogP contribution is -2.56. The summed E-state index contributed by atoms with van der Waals surface area (Å²) in [6, 6.07) is 14.7. The molecular formula is C28H23FN8O. The largest absolute Gasteiger partial charge is 0.497 e. The van der Waals surface area contributed by atoms with Crippen LogP contribution < -0.4 is 15.4 Å². The number of methoxy groups -OCH3 is 1. The quantitative estimate of drug-likeness (QED) is 0.314. The van der Waals surface area contributed by atoms with Gasteiger partial charge in [-0.05, 0) is 47.5 Å². The Balaban J connectivity index is 1.30. The lowest BCUT2D eigenvalue weighted by molar-refractivity contribution is 0.411. The first-order valence-electron chi connectivity index (χ1n) is 12.2. The van der Waals surface area contributed by atoms with E-state index in [1.165, 1.54) is 19.2 Å². The van der Waals surface area contributed by atoms with E-state index in [4.69, 9.17) is 15.5 Å². The minimum Gasteiger partial charge on any atom is -0.497 e. The Kier molecular flexibility index (Phi) is 5.08. The number of nitrogens with two attached hydrogens (primary N) is 1. The first-order valence-corrected chi connectivity index (χ1v) is 12.2. The van der Waals surface area contributed by atoms with E-state index in [1.54, 1.807) is 18.6 Å².